The third-order valence-electron chi connectivity index (χ3n) is 4.53. The van der Waals surface area contributed by atoms with Crippen molar-refractivity contribution in [1.82, 2.24) is 0 Å². The Hall–Kier alpha value is -2.95. The zero-order valence-corrected chi connectivity index (χ0v) is 14.7. The molecule has 26 heavy (non-hydrogen) atoms. The van der Waals surface area contributed by atoms with Crippen LogP contribution in [0.15, 0.2) is 48.5 Å². The van der Waals surface area contributed by atoms with E-state index in [1.54, 1.807) is 29.2 Å². The van der Waals surface area contributed by atoms with Crippen LogP contribution in [0.1, 0.15) is 34.3 Å². The molecule has 2 aromatic rings. The van der Waals surface area contributed by atoms with E-state index in [0.717, 1.165) is 23.2 Å². The Morgan fingerprint density at radius 2 is 1.81 bits per heavy atom. The van der Waals surface area contributed by atoms with Crippen molar-refractivity contribution in [1.29, 1.82) is 0 Å². The minimum atomic E-state index is -0.424. The van der Waals surface area contributed by atoms with Crippen LogP contribution in [0.4, 0.5) is 5.69 Å². The Kier molecular flexibility index (Phi) is 5.46. The minimum absolute atomic E-state index is 0.106. The average Bonchev–Trinajstić information content (AvgIpc) is 3.08. The van der Waals surface area contributed by atoms with E-state index in [1.807, 2.05) is 31.2 Å². The molecular weight excluding hydrogens is 330 g/mol. The number of ether oxygens (including phenoxy) is 1. The number of rotatable bonds is 6. The highest BCUT2D eigenvalue weighted by Gasteiger charge is 2.21. The zero-order chi connectivity index (χ0) is 18.5. The minimum Gasteiger partial charge on any atom is -0.457 e. The first kappa shape index (κ1) is 17.9. The van der Waals surface area contributed by atoms with Crippen molar-refractivity contribution < 1.29 is 19.1 Å². The molecule has 0 aromatic heterocycles. The fourth-order valence-electron chi connectivity index (χ4n) is 2.99. The molecule has 5 nitrogen and oxygen atoms in total. The van der Waals surface area contributed by atoms with Gasteiger partial charge in [-0.05, 0) is 48.7 Å². The molecule has 0 N–H and O–H groups in total. The molecule has 3 rings (SSSR count). The normalized spacial score (nSPS) is 13.7. The van der Waals surface area contributed by atoms with Gasteiger partial charge in [0.1, 0.15) is 0 Å². The van der Waals surface area contributed by atoms with E-state index in [2.05, 4.69) is 0 Å². The second-order valence-corrected chi connectivity index (χ2v) is 6.38. The van der Waals surface area contributed by atoms with Gasteiger partial charge in [0, 0.05) is 24.2 Å². The molecule has 0 radical (unpaired) electrons. The number of Topliss-reactive ketones (excluding diaryl/α,β-unsaturated/α-hetero) is 1. The maximum atomic E-state index is 12.2. The Bertz CT molecular complexity index is 826. The third kappa shape index (κ3) is 4.17. The van der Waals surface area contributed by atoms with Gasteiger partial charge in [-0.15, -0.1) is 0 Å². The van der Waals surface area contributed by atoms with E-state index in [1.165, 1.54) is 0 Å². The molecule has 1 aliphatic rings. The molecule has 0 unspecified atom stereocenters. The van der Waals surface area contributed by atoms with Crippen LogP contribution in [0.3, 0.4) is 0 Å². The summed E-state index contributed by atoms with van der Waals surface area (Å²) in [6.07, 6.45) is 1.57. The smallest absolute Gasteiger partial charge is 0.310 e. The Balaban J connectivity index is 1.54. The lowest BCUT2D eigenvalue weighted by atomic mass is 10.1. The molecule has 1 aliphatic heterocycles. The van der Waals surface area contributed by atoms with Crippen molar-refractivity contribution in [2.24, 2.45) is 0 Å². The maximum absolute atomic E-state index is 12.2. The molecule has 0 aliphatic carbocycles. The van der Waals surface area contributed by atoms with Crippen molar-refractivity contribution in [2.75, 3.05) is 18.1 Å². The number of ketones is 1. The van der Waals surface area contributed by atoms with Gasteiger partial charge in [-0.1, -0.05) is 24.3 Å². The van der Waals surface area contributed by atoms with Gasteiger partial charge < -0.3 is 9.64 Å². The van der Waals surface area contributed by atoms with Crippen LogP contribution in [0.2, 0.25) is 0 Å². The number of amides is 1. The Morgan fingerprint density at radius 1 is 1.08 bits per heavy atom. The summed E-state index contributed by atoms with van der Waals surface area (Å²) in [4.78, 5) is 37.6. The number of aryl methyl sites for hydroxylation is 1. The first-order valence-corrected chi connectivity index (χ1v) is 8.68. The van der Waals surface area contributed by atoms with Gasteiger partial charge in [0.2, 0.25) is 5.91 Å². The van der Waals surface area contributed by atoms with Crippen LogP contribution in [-0.2, 0) is 20.7 Å². The summed E-state index contributed by atoms with van der Waals surface area (Å²) < 4.78 is 5.11. The van der Waals surface area contributed by atoms with Crippen LogP contribution in [-0.4, -0.2) is 30.8 Å². The summed E-state index contributed by atoms with van der Waals surface area (Å²) in [5.74, 6) is -0.580. The molecule has 0 bridgehead atoms. The molecule has 1 fully saturated rings. The van der Waals surface area contributed by atoms with E-state index in [9.17, 15) is 14.4 Å². The molecule has 1 amide bonds. The lowest BCUT2D eigenvalue weighted by Gasteiger charge is -2.15. The van der Waals surface area contributed by atoms with Crippen LogP contribution in [0.5, 0.6) is 0 Å². The molecule has 0 saturated carbocycles. The number of benzene rings is 2. The monoisotopic (exact) mass is 351 g/mol. The molecule has 1 saturated heterocycles. The molecule has 2 aromatic carbocycles. The van der Waals surface area contributed by atoms with Crippen LogP contribution >= 0.6 is 0 Å². The van der Waals surface area contributed by atoms with Crippen molar-refractivity contribution >= 4 is 23.3 Å². The average molecular weight is 351 g/mol. The number of nitrogens with zero attached hydrogens (tertiary/aromatic N) is 1. The number of carbonyl (C=O) groups excluding carboxylic acids is 3. The van der Waals surface area contributed by atoms with Crippen molar-refractivity contribution in [2.45, 2.75) is 26.2 Å². The quantitative estimate of drug-likeness (QED) is 0.593. The summed E-state index contributed by atoms with van der Waals surface area (Å²) in [7, 11) is 0. The topological polar surface area (TPSA) is 63.7 Å². The maximum Gasteiger partial charge on any atom is 0.310 e. The molecular formula is C21H21NO4. The molecule has 0 atom stereocenters. The fourth-order valence-corrected chi connectivity index (χ4v) is 2.99. The van der Waals surface area contributed by atoms with Crippen LogP contribution in [0, 0.1) is 6.92 Å². The standard InChI is InChI=1S/C21H21NO4/c1-15-5-2-3-6-17(15)13-21(25)26-14-19(23)16-8-10-18(11-9-16)22-12-4-7-20(22)24/h2-3,5-6,8-11H,4,7,12-14H2,1H3. The van der Waals surface area contributed by atoms with Crippen molar-refractivity contribution in [3.63, 3.8) is 0 Å². The highest BCUT2D eigenvalue weighted by Crippen LogP contribution is 2.21. The van der Waals surface area contributed by atoms with E-state index in [0.29, 0.717) is 18.5 Å². The zero-order valence-electron chi connectivity index (χ0n) is 14.7. The van der Waals surface area contributed by atoms with E-state index < -0.39 is 5.97 Å². The van der Waals surface area contributed by atoms with Gasteiger partial charge in [0.25, 0.3) is 0 Å². The molecule has 1 heterocycles. The van der Waals surface area contributed by atoms with Crippen LogP contribution < -0.4 is 4.90 Å². The van der Waals surface area contributed by atoms with E-state index in [-0.39, 0.29) is 24.7 Å². The van der Waals surface area contributed by atoms with Gasteiger partial charge in [0.05, 0.1) is 6.42 Å². The SMILES string of the molecule is Cc1ccccc1CC(=O)OCC(=O)c1ccc(N2CCCC2=O)cc1. The van der Waals surface area contributed by atoms with Gasteiger partial charge in [-0.25, -0.2) is 0 Å². The summed E-state index contributed by atoms with van der Waals surface area (Å²) >= 11 is 0. The van der Waals surface area contributed by atoms with Crippen LogP contribution in [0.25, 0.3) is 0 Å². The highest BCUT2D eigenvalue weighted by atomic mass is 16.5. The number of anilines is 1. The Labute approximate surface area is 152 Å². The molecule has 5 heteroatoms. The lowest BCUT2D eigenvalue weighted by Crippen LogP contribution is -2.23. The molecule has 0 spiro atoms. The van der Waals surface area contributed by atoms with Crippen molar-refractivity contribution in [3.05, 3.63) is 65.2 Å². The van der Waals surface area contributed by atoms with E-state index >= 15 is 0 Å². The van der Waals surface area contributed by atoms with E-state index in [4.69, 9.17) is 4.74 Å². The lowest BCUT2D eigenvalue weighted by molar-refractivity contribution is -0.141. The fraction of sp³-hybridized carbons (Fsp3) is 0.286. The largest absolute Gasteiger partial charge is 0.457 e. The predicted octanol–water partition coefficient (Wildman–Crippen LogP) is 3.09. The van der Waals surface area contributed by atoms with Gasteiger partial charge in [-0.2, -0.15) is 0 Å². The summed E-state index contributed by atoms with van der Waals surface area (Å²) in [5, 5.41) is 0. The van der Waals surface area contributed by atoms with Gasteiger partial charge in [0.15, 0.2) is 12.4 Å². The number of carbonyl (C=O) groups is 3. The number of esters is 1. The predicted molar refractivity (Wildman–Crippen MR) is 98.2 cm³/mol. The number of hydrogen-bond acceptors (Lipinski definition) is 4. The summed E-state index contributed by atoms with van der Waals surface area (Å²) in [6.45, 7) is 2.36. The second kappa shape index (κ2) is 7.95. The van der Waals surface area contributed by atoms with Crippen molar-refractivity contribution in [3.8, 4) is 0 Å². The first-order valence-electron chi connectivity index (χ1n) is 8.68. The molecule has 134 valence electrons. The van der Waals surface area contributed by atoms with Gasteiger partial charge in [-0.3, -0.25) is 14.4 Å². The first-order chi connectivity index (χ1) is 12.5. The number of hydrogen-bond donors (Lipinski definition) is 0. The van der Waals surface area contributed by atoms with Gasteiger partial charge >= 0.3 is 5.97 Å². The highest BCUT2D eigenvalue weighted by molar-refractivity contribution is 5.99. The third-order valence-corrected chi connectivity index (χ3v) is 4.53. The summed E-state index contributed by atoms with van der Waals surface area (Å²) in [6, 6.07) is 14.4. The second-order valence-electron chi connectivity index (χ2n) is 6.38. The summed E-state index contributed by atoms with van der Waals surface area (Å²) in [5.41, 5.74) is 3.16. The Morgan fingerprint density at radius 3 is 2.46 bits per heavy atom.